The Morgan fingerprint density at radius 1 is 1.30 bits per heavy atom. The molecule has 2 rings (SSSR count). The van der Waals surface area contributed by atoms with Crippen LogP contribution in [0.5, 0.6) is 0 Å². The first kappa shape index (κ1) is 17.3. The number of aliphatic hydroxyl groups is 1. The summed E-state index contributed by atoms with van der Waals surface area (Å²) in [6.07, 6.45) is -0.668. The first-order chi connectivity index (χ1) is 10.8. The predicted molar refractivity (Wildman–Crippen MR) is 74.9 cm³/mol. The van der Waals surface area contributed by atoms with Gasteiger partial charge in [-0.1, -0.05) is 18.2 Å². The molecule has 0 heterocycles. The molecule has 1 aliphatic rings. The van der Waals surface area contributed by atoms with Crippen molar-refractivity contribution in [2.24, 2.45) is 5.92 Å². The van der Waals surface area contributed by atoms with Crippen LogP contribution in [0.4, 0.5) is 22.4 Å². The molecule has 2 amide bonds. The average molecular weight is 332 g/mol. The van der Waals surface area contributed by atoms with Crippen LogP contribution in [0.1, 0.15) is 17.5 Å². The lowest BCUT2D eigenvalue weighted by Crippen LogP contribution is -2.40. The number of nitrogens with one attached hydrogen (secondary N) is 2. The molecule has 126 valence electrons. The van der Waals surface area contributed by atoms with E-state index in [9.17, 15) is 22.4 Å². The summed E-state index contributed by atoms with van der Waals surface area (Å²) in [6.45, 7) is -0.401. The van der Waals surface area contributed by atoms with Crippen LogP contribution in [0.2, 0.25) is 0 Å². The normalized spacial score (nSPS) is 20.6. The third kappa shape index (κ3) is 4.69. The lowest BCUT2D eigenvalue weighted by atomic mass is 10.1. The molecule has 0 radical (unpaired) electrons. The van der Waals surface area contributed by atoms with E-state index in [-0.39, 0.29) is 30.7 Å². The second-order valence-corrected chi connectivity index (χ2v) is 5.30. The lowest BCUT2D eigenvalue weighted by molar-refractivity contribution is -0.138. The molecule has 0 aliphatic heterocycles. The van der Waals surface area contributed by atoms with Crippen molar-refractivity contribution in [2.45, 2.75) is 25.2 Å². The molecular weight excluding hydrogens is 316 g/mol. The van der Waals surface area contributed by atoms with Crippen LogP contribution in [0.25, 0.3) is 0 Å². The second-order valence-electron chi connectivity index (χ2n) is 5.30. The summed E-state index contributed by atoms with van der Waals surface area (Å²) >= 11 is 0. The average Bonchev–Trinajstić information content (AvgIpc) is 2.92. The van der Waals surface area contributed by atoms with Crippen LogP contribution < -0.4 is 10.6 Å². The summed E-state index contributed by atoms with van der Waals surface area (Å²) in [7, 11) is 0. The van der Waals surface area contributed by atoms with Gasteiger partial charge in [-0.2, -0.15) is 13.2 Å². The van der Waals surface area contributed by atoms with E-state index in [0.29, 0.717) is 12.5 Å². The lowest BCUT2D eigenvalue weighted by Gasteiger charge is -2.16. The molecule has 0 aromatic heterocycles. The molecule has 3 N–H and O–H groups in total. The minimum atomic E-state index is -4.70. The minimum Gasteiger partial charge on any atom is -0.396 e. The number of carbonyl (C=O) groups is 1. The van der Waals surface area contributed by atoms with Crippen molar-refractivity contribution in [1.29, 1.82) is 0 Å². The molecule has 0 saturated carbocycles. The van der Waals surface area contributed by atoms with E-state index in [2.05, 4.69) is 10.6 Å². The molecule has 1 aromatic rings. The number of aliphatic hydroxyl groups excluding tert-OH is 1. The smallest absolute Gasteiger partial charge is 0.396 e. The maximum absolute atomic E-state index is 13.0. The van der Waals surface area contributed by atoms with Crippen molar-refractivity contribution in [2.75, 3.05) is 6.61 Å². The molecule has 1 aliphatic carbocycles. The quantitative estimate of drug-likeness (QED) is 0.586. The highest BCUT2D eigenvalue weighted by Gasteiger charge is 2.33. The van der Waals surface area contributed by atoms with Crippen molar-refractivity contribution >= 4 is 6.03 Å². The molecule has 0 fully saturated rings. The number of hydrogen-bond donors (Lipinski definition) is 3. The van der Waals surface area contributed by atoms with Gasteiger partial charge in [0.2, 0.25) is 0 Å². The van der Waals surface area contributed by atoms with Crippen LogP contribution >= 0.6 is 0 Å². The van der Waals surface area contributed by atoms with E-state index < -0.39 is 23.6 Å². The van der Waals surface area contributed by atoms with Crippen molar-refractivity contribution in [1.82, 2.24) is 10.6 Å². The maximum atomic E-state index is 13.0. The molecule has 8 heteroatoms. The van der Waals surface area contributed by atoms with Crippen molar-refractivity contribution in [3.8, 4) is 0 Å². The monoisotopic (exact) mass is 332 g/mol. The Kier molecular flexibility index (Phi) is 5.25. The van der Waals surface area contributed by atoms with Gasteiger partial charge < -0.3 is 15.7 Å². The summed E-state index contributed by atoms with van der Waals surface area (Å²) in [6, 6.07) is 1.41. The van der Waals surface area contributed by atoms with Crippen molar-refractivity contribution in [3.63, 3.8) is 0 Å². The van der Waals surface area contributed by atoms with E-state index in [4.69, 9.17) is 5.11 Å². The largest absolute Gasteiger partial charge is 0.416 e. The van der Waals surface area contributed by atoms with E-state index in [1.165, 1.54) is 0 Å². The van der Waals surface area contributed by atoms with Gasteiger partial charge >= 0.3 is 12.2 Å². The van der Waals surface area contributed by atoms with Crippen LogP contribution in [0.15, 0.2) is 30.4 Å². The Morgan fingerprint density at radius 2 is 2.04 bits per heavy atom. The Balaban J connectivity index is 1.93. The summed E-state index contributed by atoms with van der Waals surface area (Å²) in [5.74, 6) is -1.02. The highest BCUT2D eigenvalue weighted by Crippen LogP contribution is 2.32. The number of urea groups is 1. The number of halogens is 4. The Hall–Kier alpha value is -2.09. The molecule has 0 saturated heterocycles. The molecular formula is C15H16F4N2O2. The second kappa shape index (κ2) is 6.99. The molecule has 4 nitrogen and oxygen atoms in total. The fourth-order valence-corrected chi connectivity index (χ4v) is 2.38. The molecule has 1 aromatic carbocycles. The van der Waals surface area contributed by atoms with E-state index >= 15 is 0 Å². The van der Waals surface area contributed by atoms with E-state index in [1.54, 1.807) is 12.2 Å². The van der Waals surface area contributed by atoms with E-state index in [1.807, 2.05) is 0 Å². The first-order valence-corrected chi connectivity index (χ1v) is 6.98. The highest BCUT2D eigenvalue weighted by atomic mass is 19.4. The predicted octanol–water partition coefficient (Wildman–Crippen LogP) is 2.58. The van der Waals surface area contributed by atoms with Crippen molar-refractivity contribution < 1.29 is 27.5 Å². The third-order valence-electron chi connectivity index (χ3n) is 3.54. The third-order valence-corrected chi connectivity index (χ3v) is 3.54. The zero-order chi connectivity index (χ0) is 17.0. The van der Waals surface area contributed by atoms with Gasteiger partial charge in [0.25, 0.3) is 0 Å². The van der Waals surface area contributed by atoms with Gasteiger partial charge in [-0.05, 0) is 24.1 Å². The van der Waals surface area contributed by atoms with Crippen LogP contribution in [0.3, 0.4) is 0 Å². The SMILES string of the molecule is O=C(NCc1ccc(F)cc1C(F)(F)F)N[C@@H]1C=C[C@H](CO)C1. The fourth-order valence-electron chi connectivity index (χ4n) is 2.38. The minimum absolute atomic E-state index is 0.0270. The van der Waals surface area contributed by atoms with E-state index in [0.717, 1.165) is 12.1 Å². The topological polar surface area (TPSA) is 61.4 Å². The van der Waals surface area contributed by atoms with Crippen molar-refractivity contribution in [3.05, 3.63) is 47.3 Å². The molecule has 0 spiro atoms. The summed E-state index contributed by atoms with van der Waals surface area (Å²) in [5.41, 5.74) is -1.33. The van der Waals surface area contributed by atoms with Crippen LogP contribution in [-0.2, 0) is 12.7 Å². The maximum Gasteiger partial charge on any atom is 0.416 e. The zero-order valence-corrected chi connectivity index (χ0v) is 12.0. The molecule has 23 heavy (non-hydrogen) atoms. The zero-order valence-electron chi connectivity index (χ0n) is 12.0. The van der Waals surface area contributed by atoms with Gasteiger partial charge in [0, 0.05) is 25.1 Å². The molecule has 0 unspecified atom stereocenters. The number of benzene rings is 1. The fraction of sp³-hybridized carbons (Fsp3) is 0.400. The Bertz CT molecular complexity index is 602. The van der Waals surface area contributed by atoms with Gasteiger partial charge in [0.1, 0.15) is 5.82 Å². The van der Waals surface area contributed by atoms with Crippen LogP contribution in [0, 0.1) is 11.7 Å². The van der Waals surface area contributed by atoms with Gasteiger partial charge in [-0.25, -0.2) is 9.18 Å². The number of alkyl halides is 3. The Labute approximate surface area is 130 Å². The number of carbonyl (C=O) groups excluding carboxylic acids is 1. The number of amides is 2. The van der Waals surface area contributed by atoms with Crippen LogP contribution in [-0.4, -0.2) is 23.8 Å². The summed E-state index contributed by atoms with van der Waals surface area (Å²) < 4.78 is 51.5. The standard InChI is InChI=1S/C15H16F4N2O2/c16-11-3-2-10(13(6-11)15(17,18)19)7-20-14(23)21-12-4-1-9(5-12)8-22/h1-4,6,9,12,22H,5,7-8H2,(H2,20,21,23)/t9-,12+/m0/s1. The summed E-state index contributed by atoms with van der Waals surface area (Å²) in [4.78, 5) is 11.7. The number of hydrogen-bond acceptors (Lipinski definition) is 2. The first-order valence-electron chi connectivity index (χ1n) is 6.98. The van der Waals surface area contributed by atoms with Gasteiger partial charge in [-0.15, -0.1) is 0 Å². The summed E-state index contributed by atoms with van der Waals surface area (Å²) in [5, 5.41) is 13.9. The van der Waals surface area contributed by atoms with Gasteiger partial charge in [0.05, 0.1) is 5.56 Å². The van der Waals surface area contributed by atoms with Gasteiger partial charge in [0.15, 0.2) is 0 Å². The Morgan fingerprint density at radius 3 is 2.65 bits per heavy atom. The van der Waals surface area contributed by atoms with Gasteiger partial charge in [-0.3, -0.25) is 0 Å². The number of rotatable bonds is 4. The molecule has 0 bridgehead atoms. The highest BCUT2D eigenvalue weighted by molar-refractivity contribution is 5.74. The molecule has 2 atom stereocenters.